The SMILES string of the molecule is OCCN1CC1N(CCO)C1CN1CCO. The zero-order valence-electron chi connectivity index (χ0n) is 9.49. The molecule has 6 nitrogen and oxygen atoms in total. The van der Waals surface area contributed by atoms with Gasteiger partial charge in [0.25, 0.3) is 0 Å². The Labute approximate surface area is 95.7 Å². The monoisotopic (exact) mass is 231 g/mol. The van der Waals surface area contributed by atoms with Crippen molar-refractivity contribution in [2.75, 3.05) is 52.5 Å². The largest absolute Gasteiger partial charge is 0.395 e. The lowest BCUT2D eigenvalue weighted by molar-refractivity contribution is 0.126. The maximum Gasteiger partial charge on any atom is 0.0769 e. The molecule has 16 heavy (non-hydrogen) atoms. The van der Waals surface area contributed by atoms with Gasteiger partial charge in [-0.05, 0) is 0 Å². The van der Waals surface area contributed by atoms with Gasteiger partial charge in [-0.15, -0.1) is 0 Å². The summed E-state index contributed by atoms with van der Waals surface area (Å²) >= 11 is 0. The molecule has 2 aliphatic heterocycles. The smallest absolute Gasteiger partial charge is 0.0769 e. The molecule has 2 rings (SSSR count). The third-order valence-corrected chi connectivity index (χ3v) is 3.27. The van der Waals surface area contributed by atoms with E-state index in [2.05, 4.69) is 14.7 Å². The van der Waals surface area contributed by atoms with Gasteiger partial charge in [0.05, 0.1) is 32.2 Å². The number of hydrogen-bond acceptors (Lipinski definition) is 6. The Kier molecular flexibility index (Phi) is 4.12. The fraction of sp³-hybridized carbons (Fsp3) is 1.00. The molecular formula is C10H21N3O3. The summed E-state index contributed by atoms with van der Waals surface area (Å²) in [6, 6.07) is 0. The lowest BCUT2D eigenvalue weighted by Gasteiger charge is -2.21. The first kappa shape index (κ1) is 12.2. The van der Waals surface area contributed by atoms with Crippen molar-refractivity contribution in [3.63, 3.8) is 0 Å². The van der Waals surface area contributed by atoms with Gasteiger partial charge in [0.15, 0.2) is 0 Å². The molecule has 94 valence electrons. The Morgan fingerprint density at radius 2 is 1.38 bits per heavy atom. The number of nitrogens with zero attached hydrogens (tertiary/aromatic N) is 3. The van der Waals surface area contributed by atoms with Gasteiger partial charge in [-0.1, -0.05) is 0 Å². The molecule has 0 spiro atoms. The van der Waals surface area contributed by atoms with Gasteiger partial charge in [-0.3, -0.25) is 14.7 Å². The van der Waals surface area contributed by atoms with E-state index in [-0.39, 0.29) is 19.8 Å². The van der Waals surface area contributed by atoms with Crippen molar-refractivity contribution in [2.45, 2.75) is 12.3 Å². The van der Waals surface area contributed by atoms with E-state index >= 15 is 0 Å². The first-order chi connectivity index (χ1) is 7.81. The molecule has 3 N–H and O–H groups in total. The summed E-state index contributed by atoms with van der Waals surface area (Å²) in [5.74, 6) is 0. The maximum absolute atomic E-state index is 9.04. The van der Waals surface area contributed by atoms with E-state index in [4.69, 9.17) is 15.3 Å². The molecule has 0 aromatic rings. The standard InChI is InChI=1S/C10H21N3O3/c14-4-1-11-7-9(11)13(3-6-16)10-8-12(10)2-5-15/h9-10,14-16H,1-8H2. The van der Waals surface area contributed by atoms with Crippen LogP contribution in [0.4, 0.5) is 0 Å². The van der Waals surface area contributed by atoms with Crippen molar-refractivity contribution in [3.8, 4) is 0 Å². The average Bonchev–Trinajstić information content (AvgIpc) is 3.14. The van der Waals surface area contributed by atoms with Crippen LogP contribution in [-0.2, 0) is 0 Å². The molecule has 0 aliphatic carbocycles. The van der Waals surface area contributed by atoms with Crippen LogP contribution >= 0.6 is 0 Å². The van der Waals surface area contributed by atoms with Crippen molar-refractivity contribution in [2.24, 2.45) is 0 Å². The van der Waals surface area contributed by atoms with Crippen LogP contribution in [0.5, 0.6) is 0 Å². The highest BCUT2D eigenvalue weighted by Gasteiger charge is 2.48. The van der Waals surface area contributed by atoms with E-state index in [0.717, 1.165) is 13.1 Å². The van der Waals surface area contributed by atoms with Crippen LogP contribution in [0.2, 0.25) is 0 Å². The normalized spacial score (nSPS) is 36.8. The number of aliphatic hydroxyl groups is 3. The molecule has 2 fully saturated rings. The van der Waals surface area contributed by atoms with Gasteiger partial charge in [-0.2, -0.15) is 0 Å². The molecule has 0 aromatic carbocycles. The predicted molar refractivity (Wildman–Crippen MR) is 58.7 cm³/mol. The fourth-order valence-corrected chi connectivity index (χ4v) is 2.30. The first-order valence-electron chi connectivity index (χ1n) is 5.88. The topological polar surface area (TPSA) is 70.0 Å². The Hall–Kier alpha value is -0.240. The second-order valence-electron chi connectivity index (χ2n) is 4.36. The third kappa shape index (κ3) is 2.71. The molecule has 0 radical (unpaired) electrons. The van der Waals surface area contributed by atoms with Gasteiger partial charge < -0.3 is 15.3 Å². The summed E-state index contributed by atoms with van der Waals surface area (Å²) in [7, 11) is 0. The molecule has 2 saturated heterocycles. The van der Waals surface area contributed by atoms with Gasteiger partial charge >= 0.3 is 0 Å². The highest BCUT2D eigenvalue weighted by Crippen LogP contribution is 2.30. The summed E-state index contributed by atoms with van der Waals surface area (Å²) in [6.07, 6.45) is 0.737. The summed E-state index contributed by atoms with van der Waals surface area (Å²) in [4.78, 5) is 6.63. The summed E-state index contributed by atoms with van der Waals surface area (Å²) in [5.41, 5.74) is 0. The quantitative estimate of drug-likeness (QED) is 0.403. The van der Waals surface area contributed by atoms with Crippen LogP contribution in [0.15, 0.2) is 0 Å². The Bertz CT molecular complexity index is 209. The Morgan fingerprint density at radius 3 is 1.75 bits per heavy atom. The van der Waals surface area contributed by atoms with E-state index in [1.807, 2.05) is 0 Å². The van der Waals surface area contributed by atoms with Crippen molar-refractivity contribution in [1.29, 1.82) is 0 Å². The highest BCUT2D eigenvalue weighted by molar-refractivity contribution is 4.98. The molecule has 2 heterocycles. The Morgan fingerprint density at radius 1 is 0.875 bits per heavy atom. The molecular weight excluding hydrogens is 210 g/mol. The van der Waals surface area contributed by atoms with Crippen LogP contribution in [0, 0.1) is 0 Å². The maximum atomic E-state index is 9.04. The zero-order valence-corrected chi connectivity index (χ0v) is 9.49. The molecule has 4 unspecified atom stereocenters. The molecule has 4 atom stereocenters. The van der Waals surface area contributed by atoms with Crippen LogP contribution < -0.4 is 0 Å². The zero-order chi connectivity index (χ0) is 11.5. The second-order valence-corrected chi connectivity index (χ2v) is 4.36. The second kappa shape index (κ2) is 5.39. The highest BCUT2D eigenvalue weighted by atomic mass is 16.3. The van der Waals surface area contributed by atoms with Gasteiger partial charge in [0.2, 0.25) is 0 Å². The molecule has 2 aliphatic rings. The lowest BCUT2D eigenvalue weighted by atomic mass is 10.5. The molecule has 0 aromatic heterocycles. The molecule has 0 bridgehead atoms. The van der Waals surface area contributed by atoms with Crippen LogP contribution in [0.25, 0.3) is 0 Å². The van der Waals surface area contributed by atoms with Crippen LogP contribution in [-0.4, -0.2) is 94.9 Å². The minimum absolute atomic E-state index is 0.160. The van der Waals surface area contributed by atoms with Crippen LogP contribution in [0.1, 0.15) is 0 Å². The van der Waals surface area contributed by atoms with Crippen LogP contribution in [0.3, 0.4) is 0 Å². The number of rotatable bonds is 8. The molecule has 6 heteroatoms. The van der Waals surface area contributed by atoms with Crippen molar-refractivity contribution in [1.82, 2.24) is 14.7 Å². The number of β-amino-alcohol motifs (C(OH)–C–C–N with tert-alkyl or cyclic N) is 2. The number of hydrogen-bond donors (Lipinski definition) is 3. The summed E-state index contributed by atoms with van der Waals surface area (Å²) in [5, 5.41) is 26.7. The predicted octanol–water partition coefficient (Wildman–Crippen LogP) is -2.45. The Balaban J connectivity index is 1.78. The van der Waals surface area contributed by atoms with E-state index < -0.39 is 0 Å². The van der Waals surface area contributed by atoms with Crippen molar-refractivity contribution >= 4 is 0 Å². The van der Waals surface area contributed by atoms with E-state index in [0.29, 0.717) is 32.0 Å². The summed E-state index contributed by atoms with van der Waals surface area (Å²) in [6.45, 7) is 4.57. The minimum Gasteiger partial charge on any atom is -0.395 e. The van der Waals surface area contributed by atoms with Gasteiger partial charge in [-0.25, -0.2) is 0 Å². The van der Waals surface area contributed by atoms with E-state index in [1.54, 1.807) is 0 Å². The van der Waals surface area contributed by atoms with E-state index in [1.165, 1.54) is 0 Å². The molecule has 0 saturated carbocycles. The minimum atomic E-state index is 0.160. The third-order valence-electron chi connectivity index (χ3n) is 3.27. The van der Waals surface area contributed by atoms with Gasteiger partial charge in [0.1, 0.15) is 0 Å². The fourth-order valence-electron chi connectivity index (χ4n) is 2.30. The van der Waals surface area contributed by atoms with Crippen molar-refractivity contribution < 1.29 is 15.3 Å². The van der Waals surface area contributed by atoms with Crippen molar-refractivity contribution in [3.05, 3.63) is 0 Å². The number of aliphatic hydroxyl groups excluding tert-OH is 3. The van der Waals surface area contributed by atoms with Gasteiger partial charge in [0, 0.05) is 32.7 Å². The first-order valence-corrected chi connectivity index (χ1v) is 5.88. The average molecular weight is 231 g/mol. The summed E-state index contributed by atoms with van der Waals surface area (Å²) < 4.78 is 0. The lowest BCUT2D eigenvalue weighted by Crippen LogP contribution is -2.37. The molecule has 0 amide bonds. The van der Waals surface area contributed by atoms with E-state index in [9.17, 15) is 0 Å².